The van der Waals surface area contributed by atoms with Crippen LogP contribution in [0.25, 0.3) is 10.8 Å². The van der Waals surface area contributed by atoms with Crippen LogP contribution in [0.3, 0.4) is 0 Å². The second kappa shape index (κ2) is 3.08. The highest BCUT2D eigenvalue weighted by atomic mass is 79.9. The van der Waals surface area contributed by atoms with Gasteiger partial charge in [0, 0.05) is 4.47 Å². The van der Waals surface area contributed by atoms with Crippen molar-refractivity contribution in [2.75, 3.05) is 0 Å². The van der Waals surface area contributed by atoms with Crippen LogP contribution in [-0.4, -0.2) is 0 Å². The van der Waals surface area contributed by atoms with Crippen molar-refractivity contribution < 1.29 is 0 Å². The fourth-order valence-corrected chi connectivity index (χ4v) is 2.71. The maximum absolute atomic E-state index is 3.60. The van der Waals surface area contributed by atoms with E-state index in [0.29, 0.717) is 5.41 Å². The Kier molecular flexibility index (Phi) is 1.93. The van der Waals surface area contributed by atoms with Crippen LogP contribution >= 0.6 is 15.9 Å². The average molecular weight is 261 g/mol. The topological polar surface area (TPSA) is 0 Å². The highest BCUT2D eigenvalue weighted by Gasteiger charge is 2.40. The van der Waals surface area contributed by atoms with Crippen molar-refractivity contribution in [1.82, 2.24) is 0 Å². The molecule has 0 radical (unpaired) electrons. The van der Waals surface area contributed by atoms with Crippen molar-refractivity contribution in [3.63, 3.8) is 0 Å². The van der Waals surface area contributed by atoms with Gasteiger partial charge in [-0.2, -0.15) is 0 Å². The Morgan fingerprint density at radius 1 is 1.13 bits per heavy atom. The minimum absolute atomic E-state index is 0.434. The second-order valence-electron chi connectivity index (χ2n) is 4.74. The van der Waals surface area contributed by atoms with Crippen LogP contribution in [-0.2, 0) is 5.41 Å². The molecule has 0 aromatic heterocycles. The van der Waals surface area contributed by atoms with E-state index in [0.717, 1.165) is 0 Å². The van der Waals surface area contributed by atoms with Gasteiger partial charge in [0.25, 0.3) is 0 Å². The third kappa shape index (κ3) is 1.50. The maximum atomic E-state index is 3.60. The lowest BCUT2D eigenvalue weighted by molar-refractivity contribution is 0.796. The Bertz CT molecular complexity index is 524. The van der Waals surface area contributed by atoms with E-state index in [-0.39, 0.29) is 0 Å². The van der Waals surface area contributed by atoms with E-state index >= 15 is 0 Å². The molecule has 3 rings (SSSR count). The Morgan fingerprint density at radius 3 is 2.60 bits per heavy atom. The smallest absolute Gasteiger partial charge is 0.0184 e. The fraction of sp³-hybridized carbons (Fsp3) is 0.286. The van der Waals surface area contributed by atoms with Gasteiger partial charge in [-0.05, 0) is 46.7 Å². The maximum Gasteiger partial charge on any atom is 0.0184 e. The van der Waals surface area contributed by atoms with Crippen molar-refractivity contribution in [1.29, 1.82) is 0 Å². The largest absolute Gasteiger partial charge is 0.0616 e. The molecule has 1 heteroatoms. The summed E-state index contributed by atoms with van der Waals surface area (Å²) in [5, 5.41) is 2.76. The lowest BCUT2D eigenvalue weighted by Crippen LogP contribution is -2.00. The lowest BCUT2D eigenvalue weighted by Gasteiger charge is -2.13. The van der Waals surface area contributed by atoms with Crippen LogP contribution in [0.15, 0.2) is 40.9 Å². The average Bonchev–Trinajstić information content (AvgIpc) is 2.96. The molecule has 0 N–H and O–H groups in total. The van der Waals surface area contributed by atoms with E-state index in [4.69, 9.17) is 0 Å². The lowest BCUT2D eigenvalue weighted by atomic mass is 9.92. The molecule has 0 amide bonds. The molecule has 1 aliphatic carbocycles. The van der Waals surface area contributed by atoms with Gasteiger partial charge in [-0.1, -0.05) is 47.1 Å². The number of halogens is 1. The number of fused-ring (bicyclic) bond motifs is 1. The highest BCUT2D eigenvalue weighted by molar-refractivity contribution is 9.10. The van der Waals surface area contributed by atoms with E-state index < -0.39 is 0 Å². The molecule has 0 bridgehead atoms. The molecule has 0 nitrogen and oxygen atoms in total. The summed E-state index contributed by atoms with van der Waals surface area (Å²) in [5.41, 5.74) is 1.94. The fourth-order valence-electron chi connectivity index (χ4n) is 2.23. The number of hydrogen-bond acceptors (Lipinski definition) is 0. The highest BCUT2D eigenvalue weighted by Crippen LogP contribution is 2.50. The van der Waals surface area contributed by atoms with Crippen molar-refractivity contribution in [2.24, 2.45) is 0 Å². The summed E-state index contributed by atoms with van der Waals surface area (Å²) in [6.45, 7) is 2.36. The van der Waals surface area contributed by atoms with E-state index in [9.17, 15) is 0 Å². The second-order valence-corrected chi connectivity index (χ2v) is 5.65. The number of rotatable bonds is 1. The Labute approximate surface area is 98.4 Å². The summed E-state index contributed by atoms with van der Waals surface area (Å²) in [7, 11) is 0. The summed E-state index contributed by atoms with van der Waals surface area (Å²) in [6.07, 6.45) is 2.65. The molecule has 0 spiro atoms. The van der Waals surface area contributed by atoms with E-state index in [1.807, 2.05) is 0 Å². The summed E-state index contributed by atoms with van der Waals surface area (Å²) >= 11 is 3.60. The van der Waals surface area contributed by atoms with Gasteiger partial charge in [0.15, 0.2) is 0 Å². The van der Waals surface area contributed by atoms with Gasteiger partial charge < -0.3 is 0 Å². The molecular weight excluding hydrogens is 248 g/mol. The van der Waals surface area contributed by atoms with Crippen molar-refractivity contribution in [3.8, 4) is 0 Å². The zero-order valence-electron chi connectivity index (χ0n) is 8.76. The molecule has 0 heterocycles. The van der Waals surface area contributed by atoms with Gasteiger partial charge in [-0.25, -0.2) is 0 Å². The molecule has 0 saturated heterocycles. The minimum Gasteiger partial charge on any atom is -0.0616 e. The molecule has 1 saturated carbocycles. The standard InChI is InChI=1S/C14H13Br/c1-14(6-7-14)13-9-11(15)8-10-4-2-3-5-12(10)13/h2-5,8-9H,6-7H2,1H3. The zero-order valence-corrected chi connectivity index (χ0v) is 10.3. The molecule has 15 heavy (non-hydrogen) atoms. The molecular formula is C14H13Br. The third-order valence-electron chi connectivity index (χ3n) is 3.48. The van der Waals surface area contributed by atoms with Crippen LogP contribution in [0.2, 0.25) is 0 Å². The van der Waals surface area contributed by atoms with Crippen LogP contribution < -0.4 is 0 Å². The first kappa shape index (κ1) is 9.41. The van der Waals surface area contributed by atoms with Crippen molar-refractivity contribution in [3.05, 3.63) is 46.4 Å². The van der Waals surface area contributed by atoms with Crippen LogP contribution in [0.4, 0.5) is 0 Å². The van der Waals surface area contributed by atoms with Crippen molar-refractivity contribution in [2.45, 2.75) is 25.2 Å². The first-order valence-electron chi connectivity index (χ1n) is 5.38. The first-order valence-corrected chi connectivity index (χ1v) is 6.17. The Morgan fingerprint density at radius 2 is 1.87 bits per heavy atom. The van der Waals surface area contributed by atoms with E-state index in [1.54, 1.807) is 0 Å². The SMILES string of the molecule is CC1(c2cc(Br)cc3ccccc23)CC1. The summed E-state index contributed by atoms with van der Waals surface area (Å²) in [5.74, 6) is 0. The van der Waals surface area contributed by atoms with Crippen LogP contribution in [0, 0.1) is 0 Å². The Hall–Kier alpha value is -0.820. The van der Waals surface area contributed by atoms with Gasteiger partial charge in [-0.15, -0.1) is 0 Å². The molecule has 0 aliphatic heterocycles. The summed E-state index contributed by atoms with van der Waals surface area (Å²) < 4.78 is 1.20. The monoisotopic (exact) mass is 260 g/mol. The molecule has 0 atom stereocenters. The molecule has 76 valence electrons. The summed E-state index contributed by atoms with van der Waals surface area (Å²) in [6, 6.07) is 13.1. The zero-order chi connectivity index (χ0) is 10.5. The molecule has 1 aliphatic rings. The van der Waals surface area contributed by atoms with Crippen LogP contribution in [0.5, 0.6) is 0 Å². The summed E-state index contributed by atoms with van der Waals surface area (Å²) in [4.78, 5) is 0. The number of hydrogen-bond donors (Lipinski definition) is 0. The quantitative estimate of drug-likeness (QED) is 0.700. The third-order valence-corrected chi connectivity index (χ3v) is 3.93. The van der Waals surface area contributed by atoms with E-state index in [2.05, 4.69) is 59.3 Å². The molecule has 2 aromatic carbocycles. The molecule has 2 aromatic rings. The van der Waals surface area contributed by atoms with Gasteiger partial charge >= 0.3 is 0 Å². The number of benzene rings is 2. The van der Waals surface area contributed by atoms with Crippen LogP contribution in [0.1, 0.15) is 25.3 Å². The van der Waals surface area contributed by atoms with Crippen molar-refractivity contribution >= 4 is 26.7 Å². The molecule has 1 fully saturated rings. The van der Waals surface area contributed by atoms with Gasteiger partial charge in [0.2, 0.25) is 0 Å². The molecule has 0 unspecified atom stereocenters. The minimum atomic E-state index is 0.434. The predicted octanol–water partition coefficient (Wildman–Crippen LogP) is 4.65. The Balaban J connectivity index is 2.36. The van der Waals surface area contributed by atoms with Gasteiger partial charge in [0.05, 0.1) is 0 Å². The first-order chi connectivity index (χ1) is 7.19. The normalized spacial score (nSPS) is 18.0. The predicted molar refractivity (Wildman–Crippen MR) is 68.2 cm³/mol. The van der Waals surface area contributed by atoms with E-state index in [1.165, 1.54) is 33.7 Å². The van der Waals surface area contributed by atoms with Gasteiger partial charge in [-0.3, -0.25) is 0 Å². The van der Waals surface area contributed by atoms with Gasteiger partial charge in [0.1, 0.15) is 0 Å².